The van der Waals surface area contributed by atoms with Crippen molar-refractivity contribution in [1.82, 2.24) is 14.5 Å². The van der Waals surface area contributed by atoms with Crippen molar-refractivity contribution >= 4 is 22.7 Å². The molecule has 0 spiro atoms. The molecule has 2 aromatic heterocycles. The molecule has 0 radical (unpaired) electrons. The smallest absolute Gasteiger partial charge is 0.308 e. The van der Waals surface area contributed by atoms with Gasteiger partial charge in [0.2, 0.25) is 6.79 Å². The van der Waals surface area contributed by atoms with Crippen LogP contribution in [0.2, 0.25) is 0 Å². The number of allylic oxidation sites excluding steroid dienone is 1. The van der Waals surface area contributed by atoms with Crippen molar-refractivity contribution in [2.75, 3.05) is 26.4 Å². The second-order valence-corrected chi connectivity index (χ2v) is 13.4. The molecule has 9 rings (SSSR count). The number of fused-ring (bicyclic) bond motifs is 7. The summed E-state index contributed by atoms with van der Waals surface area (Å²) in [4.78, 5) is 48.4. The number of carbonyl (C=O) groups excluding carboxylic acids is 2. The molecule has 0 N–H and O–H groups in total. The van der Waals surface area contributed by atoms with Gasteiger partial charge in [0.25, 0.3) is 5.56 Å². The van der Waals surface area contributed by atoms with Gasteiger partial charge in [-0.15, -0.1) is 0 Å². The van der Waals surface area contributed by atoms with E-state index in [0.29, 0.717) is 53.4 Å². The maximum Gasteiger partial charge on any atom is 0.308 e. The number of ether oxygens (including phenoxy) is 3. The average Bonchev–Trinajstić information content (AvgIpc) is 3.80. The highest BCUT2D eigenvalue weighted by atomic mass is 16.7. The van der Waals surface area contributed by atoms with E-state index in [0.717, 1.165) is 60.3 Å². The average molecular weight is 594 g/mol. The topological polar surface area (TPSA) is 100.0 Å². The Balaban J connectivity index is 1.09. The zero-order valence-corrected chi connectivity index (χ0v) is 24.9. The van der Waals surface area contributed by atoms with Gasteiger partial charge in [-0.3, -0.25) is 14.4 Å². The molecule has 9 nitrogen and oxygen atoms in total. The number of benzene rings is 1. The van der Waals surface area contributed by atoms with Crippen LogP contribution in [0.15, 0.2) is 35.1 Å². The number of likely N-dealkylation sites (tertiary alicyclic amines) is 1. The number of pyridine rings is 2. The molecule has 5 heterocycles. The predicted octanol–water partition coefficient (Wildman–Crippen LogP) is 4.59. The number of nitrogens with zero attached hydrogens (tertiary/aromatic N) is 3. The van der Waals surface area contributed by atoms with Crippen LogP contribution >= 0.6 is 0 Å². The maximum atomic E-state index is 14.1. The van der Waals surface area contributed by atoms with E-state index in [1.54, 1.807) is 4.57 Å². The van der Waals surface area contributed by atoms with E-state index in [-0.39, 0.29) is 37.4 Å². The Labute approximate surface area is 254 Å². The molecule has 9 heteroatoms. The third kappa shape index (κ3) is 3.68. The van der Waals surface area contributed by atoms with E-state index >= 15 is 0 Å². The SMILES string of the molecule is CCC1(OC(=O)CCN2CC3C=CCC3C2)C(=O)Cc2c1cc1n(c2=O)Cc2c-1nc1cc3c(cc1c2C1CCC1)OCO3. The predicted molar refractivity (Wildman–Crippen MR) is 162 cm³/mol. The Hall–Kier alpha value is -3.98. The number of hydrogen-bond donors (Lipinski definition) is 0. The summed E-state index contributed by atoms with van der Waals surface area (Å²) in [6.45, 7) is 5.03. The molecule has 226 valence electrons. The van der Waals surface area contributed by atoms with Crippen LogP contribution in [0.3, 0.4) is 0 Å². The Morgan fingerprint density at radius 1 is 1.11 bits per heavy atom. The van der Waals surface area contributed by atoms with Gasteiger partial charge in [-0.05, 0) is 61.1 Å². The third-order valence-corrected chi connectivity index (χ3v) is 11.1. The zero-order chi connectivity index (χ0) is 29.7. The van der Waals surface area contributed by atoms with E-state index < -0.39 is 11.6 Å². The summed E-state index contributed by atoms with van der Waals surface area (Å²) in [5.74, 6) is 2.40. The molecule has 2 fully saturated rings. The lowest BCUT2D eigenvalue weighted by Gasteiger charge is -2.29. The summed E-state index contributed by atoms with van der Waals surface area (Å²) in [5.41, 5.74) is 3.89. The van der Waals surface area contributed by atoms with Crippen LogP contribution in [0.4, 0.5) is 0 Å². The lowest BCUT2D eigenvalue weighted by Crippen LogP contribution is -2.38. The highest BCUT2D eigenvalue weighted by Crippen LogP contribution is 2.49. The summed E-state index contributed by atoms with van der Waals surface area (Å²) in [7, 11) is 0. The summed E-state index contributed by atoms with van der Waals surface area (Å²) in [6.07, 6.45) is 9.50. The maximum absolute atomic E-state index is 14.1. The summed E-state index contributed by atoms with van der Waals surface area (Å²) < 4.78 is 19.3. The molecule has 1 saturated carbocycles. The fraction of sp³-hybridized carbons (Fsp3) is 0.486. The molecule has 44 heavy (non-hydrogen) atoms. The number of rotatable bonds is 6. The van der Waals surface area contributed by atoms with E-state index in [1.165, 1.54) is 12.0 Å². The van der Waals surface area contributed by atoms with Crippen LogP contribution in [-0.4, -0.2) is 52.6 Å². The lowest BCUT2D eigenvalue weighted by atomic mass is 9.76. The molecule has 3 aliphatic carbocycles. The van der Waals surface area contributed by atoms with E-state index in [2.05, 4.69) is 17.1 Å². The van der Waals surface area contributed by atoms with Gasteiger partial charge in [-0.1, -0.05) is 25.5 Å². The van der Waals surface area contributed by atoms with Gasteiger partial charge in [-0.25, -0.2) is 4.98 Å². The van der Waals surface area contributed by atoms with Crippen molar-refractivity contribution < 1.29 is 23.8 Å². The molecule has 3 unspecified atom stereocenters. The van der Waals surface area contributed by atoms with Crippen molar-refractivity contribution in [3.63, 3.8) is 0 Å². The monoisotopic (exact) mass is 593 g/mol. The van der Waals surface area contributed by atoms with E-state index in [1.807, 2.05) is 25.1 Å². The second-order valence-electron chi connectivity index (χ2n) is 13.4. The quantitative estimate of drug-likeness (QED) is 0.236. The third-order valence-electron chi connectivity index (χ3n) is 11.1. The molecule has 0 amide bonds. The molecular weight excluding hydrogens is 558 g/mol. The van der Waals surface area contributed by atoms with Crippen LogP contribution in [0, 0.1) is 11.8 Å². The minimum absolute atomic E-state index is 0.0278. The number of carbonyl (C=O) groups is 2. The van der Waals surface area contributed by atoms with Crippen molar-refractivity contribution in [1.29, 1.82) is 0 Å². The first-order valence-corrected chi connectivity index (χ1v) is 16.1. The highest BCUT2D eigenvalue weighted by molar-refractivity contribution is 5.98. The standard InChI is InChI=1S/C35H35N3O6/c1-2-35(44-31(40)9-10-37-15-20-7-4-8-21(20)16-37)25-13-27-33-24(17-38(27)34(41)22(25)12-30(35)39)32(19-5-3-6-19)23-11-28-29(43-18-42-28)14-26(23)36-33/h4,7,11,13-14,19-21H,2-3,5-6,8-10,12,15-18H2,1H3. The molecule has 3 aliphatic heterocycles. The van der Waals surface area contributed by atoms with Crippen LogP contribution in [0.5, 0.6) is 11.5 Å². The summed E-state index contributed by atoms with van der Waals surface area (Å²) >= 11 is 0. The Bertz CT molecular complexity index is 1870. The van der Waals surface area contributed by atoms with Crippen LogP contribution in [-0.2, 0) is 32.9 Å². The fourth-order valence-corrected chi connectivity index (χ4v) is 8.57. The largest absolute Gasteiger partial charge is 0.454 e. The van der Waals surface area contributed by atoms with Gasteiger partial charge in [-0.2, -0.15) is 0 Å². The molecule has 0 bridgehead atoms. The first-order chi connectivity index (χ1) is 21.4. The molecule has 3 aromatic rings. The van der Waals surface area contributed by atoms with Gasteiger partial charge < -0.3 is 23.7 Å². The van der Waals surface area contributed by atoms with Gasteiger partial charge in [0.05, 0.1) is 29.9 Å². The number of aromatic nitrogens is 2. The number of hydrogen-bond acceptors (Lipinski definition) is 8. The summed E-state index contributed by atoms with van der Waals surface area (Å²) in [6, 6.07) is 5.88. The molecule has 1 saturated heterocycles. The molecular formula is C35H35N3O6. The van der Waals surface area contributed by atoms with Crippen molar-refractivity contribution in [3.05, 3.63) is 63.0 Å². The molecule has 6 aliphatic rings. The normalized spacial score (nSPS) is 26.2. The number of esters is 1. The van der Waals surface area contributed by atoms with Crippen molar-refractivity contribution in [2.45, 2.75) is 69.9 Å². The Morgan fingerprint density at radius 2 is 1.95 bits per heavy atom. The Kier molecular flexibility index (Phi) is 5.71. The minimum atomic E-state index is -1.45. The fourth-order valence-electron chi connectivity index (χ4n) is 8.57. The zero-order valence-electron chi connectivity index (χ0n) is 24.9. The number of Topliss-reactive ketones (excluding diaryl/α,β-unsaturated/α-hetero) is 1. The second kappa shape index (κ2) is 9.51. The lowest BCUT2D eigenvalue weighted by molar-refractivity contribution is -0.168. The van der Waals surface area contributed by atoms with Crippen molar-refractivity contribution in [2.24, 2.45) is 11.8 Å². The van der Waals surface area contributed by atoms with Crippen molar-refractivity contribution in [3.8, 4) is 22.9 Å². The van der Waals surface area contributed by atoms with Gasteiger partial charge in [0.15, 0.2) is 22.9 Å². The summed E-state index contributed by atoms with van der Waals surface area (Å²) in [5, 5.41) is 1.05. The van der Waals surface area contributed by atoms with Gasteiger partial charge in [0.1, 0.15) is 0 Å². The molecule has 1 aromatic carbocycles. The number of ketones is 1. The van der Waals surface area contributed by atoms with Gasteiger partial charge >= 0.3 is 5.97 Å². The minimum Gasteiger partial charge on any atom is -0.454 e. The first kappa shape index (κ1) is 26.4. The van der Waals surface area contributed by atoms with Crippen LogP contribution in [0.25, 0.3) is 22.3 Å². The van der Waals surface area contributed by atoms with Crippen LogP contribution < -0.4 is 15.0 Å². The van der Waals surface area contributed by atoms with E-state index in [9.17, 15) is 14.4 Å². The highest BCUT2D eigenvalue weighted by Gasteiger charge is 2.51. The van der Waals surface area contributed by atoms with Crippen LogP contribution in [0.1, 0.15) is 73.6 Å². The molecule has 3 atom stereocenters. The van der Waals surface area contributed by atoms with E-state index in [4.69, 9.17) is 19.2 Å². The van der Waals surface area contributed by atoms with Gasteiger partial charge in [0, 0.05) is 54.2 Å². The first-order valence-electron chi connectivity index (χ1n) is 16.1. The Morgan fingerprint density at radius 3 is 2.73 bits per heavy atom.